The summed E-state index contributed by atoms with van der Waals surface area (Å²) in [4.78, 5) is 0.216. The van der Waals surface area contributed by atoms with Crippen molar-refractivity contribution < 1.29 is 16.8 Å². The highest BCUT2D eigenvalue weighted by Gasteiger charge is 2.26. The molecule has 0 radical (unpaired) electrons. The summed E-state index contributed by atoms with van der Waals surface area (Å²) in [7, 11) is -5.87. The van der Waals surface area contributed by atoms with E-state index in [2.05, 4.69) is 10.0 Å². The third-order valence-corrected chi connectivity index (χ3v) is 7.11. The summed E-state index contributed by atoms with van der Waals surface area (Å²) >= 11 is 0. The molecule has 1 aliphatic heterocycles. The van der Waals surface area contributed by atoms with Crippen LogP contribution in [-0.2, 0) is 20.0 Å². The summed E-state index contributed by atoms with van der Waals surface area (Å²) in [5, 5.41) is 3.16. The number of aryl methyl sites for hydroxylation is 1. The van der Waals surface area contributed by atoms with E-state index in [-0.39, 0.29) is 22.2 Å². The van der Waals surface area contributed by atoms with E-state index < -0.39 is 20.0 Å². The number of hydrogen-bond acceptors (Lipinski definition) is 5. The molecule has 0 aliphatic carbocycles. The molecule has 1 aromatic carbocycles. The summed E-state index contributed by atoms with van der Waals surface area (Å²) in [5.74, 6) is 0. The predicted octanol–water partition coefficient (Wildman–Crippen LogP) is 0.309. The van der Waals surface area contributed by atoms with Gasteiger partial charge in [0.25, 0.3) is 0 Å². The van der Waals surface area contributed by atoms with Crippen molar-refractivity contribution in [1.29, 1.82) is 0 Å². The molecule has 0 aromatic heterocycles. The van der Waals surface area contributed by atoms with E-state index in [1.807, 2.05) is 0 Å². The molecule has 1 heterocycles. The van der Waals surface area contributed by atoms with Gasteiger partial charge in [0.15, 0.2) is 0 Å². The lowest BCUT2D eigenvalue weighted by Gasteiger charge is -2.20. The van der Waals surface area contributed by atoms with E-state index >= 15 is 0 Å². The van der Waals surface area contributed by atoms with E-state index in [1.165, 1.54) is 29.6 Å². The Morgan fingerprint density at radius 1 is 1.13 bits per heavy atom. The average Bonchev–Trinajstić information content (AvgIpc) is 2.76. The molecule has 7 nitrogen and oxygen atoms in total. The molecule has 0 amide bonds. The van der Waals surface area contributed by atoms with Crippen LogP contribution in [0.2, 0.25) is 0 Å². The minimum absolute atomic E-state index is 0. The molecular weight excluding hydrogens is 362 g/mol. The highest BCUT2D eigenvalue weighted by atomic mass is 35.5. The second-order valence-electron chi connectivity index (χ2n) is 5.14. The van der Waals surface area contributed by atoms with Crippen LogP contribution in [-0.4, -0.2) is 54.4 Å². The molecule has 0 spiro atoms. The lowest BCUT2D eigenvalue weighted by molar-refractivity contribution is 0.432. The maximum atomic E-state index is 12.7. The second kappa shape index (κ2) is 7.91. The fourth-order valence-corrected chi connectivity index (χ4v) is 4.92. The standard InChI is InChI=1S/C13H21N3O4S2.ClH/c1-11-10-12(4-5-13(11)21(17,18)14-2)22(19,20)16-8-3-6-15-7-9-16;/h4-5,10,14-15H,3,6-9H2,1-2H3;1H. The van der Waals surface area contributed by atoms with E-state index in [9.17, 15) is 16.8 Å². The van der Waals surface area contributed by atoms with Crippen molar-refractivity contribution in [3.05, 3.63) is 23.8 Å². The molecule has 0 unspecified atom stereocenters. The molecule has 2 rings (SSSR count). The van der Waals surface area contributed by atoms with E-state index in [1.54, 1.807) is 6.92 Å². The van der Waals surface area contributed by atoms with Crippen LogP contribution in [0.15, 0.2) is 28.0 Å². The Morgan fingerprint density at radius 2 is 1.83 bits per heavy atom. The van der Waals surface area contributed by atoms with Crippen LogP contribution in [0.4, 0.5) is 0 Å². The third-order valence-electron chi connectivity index (χ3n) is 3.64. The Balaban J connectivity index is 0.00000264. The minimum atomic E-state index is -3.60. The van der Waals surface area contributed by atoms with Gasteiger partial charge in [0.1, 0.15) is 0 Å². The summed E-state index contributed by atoms with van der Waals surface area (Å²) in [6.07, 6.45) is 0.754. The molecule has 10 heteroatoms. The Bertz CT molecular complexity index is 742. The fraction of sp³-hybridized carbons (Fsp3) is 0.538. The maximum Gasteiger partial charge on any atom is 0.243 e. The van der Waals surface area contributed by atoms with Crippen LogP contribution in [0, 0.1) is 6.92 Å². The average molecular weight is 384 g/mol. The van der Waals surface area contributed by atoms with Gasteiger partial charge in [-0.05, 0) is 50.7 Å². The molecule has 23 heavy (non-hydrogen) atoms. The van der Waals surface area contributed by atoms with Crippen LogP contribution in [0.25, 0.3) is 0 Å². The molecule has 1 fully saturated rings. The van der Waals surface area contributed by atoms with Gasteiger partial charge < -0.3 is 5.32 Å². The van der Waals surface area contributed by atoms with Crippen LogP contribution in [0.1, 0.15) is 12.0 Å². The summed E-state index contributed by atoms with van der Waals surface area (Å²) in [5.41, 5.74) is 0.406. The highest BCUT2D eigenvalue weighted by molar-refractivity contribution is 7.89. The first-order valence-electron chi connectivity index (χ1n) is 7.04. The first-order valence-corrected chi connectivity index (χ1v) is 9.96. The zero-order valence-electron chi connectivity index (χ0n) is 13.1. The van der Waals surface area contributed by atoms with Crippen molar-refractivity contribution in [3.8, 4) is 0 Å². The van der Waals surface area contributed by atoms with E-state index in [0.29, 0.717) is 25.2 Å². The number of halogens is 1. The Labute approximate surface area is 144 Å². The van der Waals surface area contributed by atoms with Crippen molar-refractivity contribution in [2.75, 3.05) is 33.2 Å². The first kappa shape index (κ1) is 20.3. The van der Waals surface area contributed by atoms with Gasteiger partial charge in [-0.15, -0.1) is 12.4 Å². The minimum Gasteiger partial charge on any atom is -0.315 e. The largest absolute Gasteiger partial charge is 0.315 e. The van der Waals surface area contributed by atoms with Gasteiger partial charge in [-0.3, -0.25) is 0 Å². The molecule has 0 bridgehead atoms. The molecule has 0 atom stereocenters. The zero-order valence-corrected chi connectivity index (χ0v) is 15.5. The van der Waals surface area contributed by atoms with Gasteiger partial charge in [-0.25, -0.2) is 21.6 Å². The van der Waals surface area contributed by atoms with Gasteiger partial charge in [-0.1, -0.05) is 0 Å². The Morgan fingerprint density at radius 3 is 2.43 bits per heavy atom. The smallest absolute Gasteiger partial charge is 0.243 e. The number of hydrogen-bond donors (Lipinski definition) is 2. The fourth-order valence-electron chi connectivity index (χ4n) is 2.40. The Hall–Kier alpha value is -0.710. The highest BCUT2D eigenvalue weighted by Crippen LogP contribution is 2.22. The maximum absolute atomic E-state index is 12.7. The quantitative estimate of drug-likeness (QED) is 0.780. The molecule has 1 saturated heterocycles. The summed E-state index contributed by atoms with van der Waals surface area (Å²) in [6, 6.07) is 4.10. The van der Waals surface area contributed by atoms with E-state index in [0.717, 1.165) is 13.0 Å². The lowest BCUT2D eigenvalue weighted by Crippen LogP contribution is -2.34. The molecule has 1 aromatic rings. The summed E-state index contributed by atoms with van der Waals surface area (Å²) < 4.78 is 52.7. The summed E-state index contributed by atoms with van der Waals surface area (Å²) in [6.45, 7) is 3.88. The number of benzene rings is 1. The van der Waals surface area contributed by atoms with Crippen molar-refractivity contribution in [1.82, 2.24) is 14.3 Å². The van der Waals surface area contributed by atoms with Crippen molar-refractivity contribution in [3.63, 3.8) is 0 Å². The van der Waals surface area contributed by atoms with Crippen molar-refractivity contribution in [2.24, 2.45) is 0 Å². The van der Waals surface area contributed by atoms with Gasteiger partial charge in [-0.2, -0.15) is 4.31 Å². The van der Waals surface area contributed by atoms with Crippen LogP contribution in [0.5, 0.6) is 0 Å². The Kier molecular flexibility index (Phi) is 6.99. The van der Waals surface area contributed by atoms with Gasteiger partial charge in [0.2, 0.25) is 20.0 Å². The molecule has 1 aliphatic rings. The first-order chi connectivity index (χ1) is 10.3. The van der Waals surface area contributed by atoms with Crippen LogP contribution in [0.3, 0.4) is 0 Å². The van der Waals surface area contributed by atoms with Crippen molar-refractivity contribution in [2.45, 2.75) is 23.1 Å². The van der Waals surface area contributed by atoms with Crippen LogP contribution < -0.4 is 10.0 Å². The number of rotatable bonds is 4. The van der Waals surface area contributed by atoms with Crippen molar-refractivity contribution >= 4 is 32.5 Å². The molecule has 0 saturated carbocycles. The van der Waals surface area contributed by atoms with Gasteiger partial charge >= 0.3 is 0 Å². The number of nitrogens with zero attached hydrogens (tertiary/aromatic N) is 1. The molecule has 2 N–H and O–H groups in total. The lowest BCUT2D eigenvalue weighted by atomic mass is 10.2. The topological polar surface area (TPSA) is 95.6 Å². The molecular formula is C13H22ClN3O4S2. The zero-order chi connectivity index (χ0) is 16.4. The van der Waals surface area contributed by atoms with Gasteiger partial charge in [0, 0.05) is 19.6 Å². The monoisotopic (exact) mass is 383 g/mol. The second-order valence-corrected chi connectivity index (χ2v) is 8.94. The number of nitrogens with one attached hydrogen (secondary N) is 2. The predicted molar refractivity (Wildman–Crippen MR) is 90.9 cm³/mol. The normalized spacial score (nSPS) is 17.3. The third kappa shape index (κ3) is 4.43. The van der Waals surface area contributed by atoms with E-state index in [4.69, 9.17) is 0 Å². The van der Waals surface area contributed by atoms with Gasteiger partial charge in [0.05, 0.1) is 9.79 Å². The van der Waals surface area contributed by atoms with Crippen LogP contribution >= 0.6 is 12.4 Å². The SMILES string of the molecule is CNS(=O)(=O)c1ccc(S(=O)(=O)N2CCCNCC2)cc1C.Cl. The number of sulfonamides is 2. The molecule has 132 valence electrons.